The summed E-state index contributed by atoms with van der Waals surface area (Å²) in [6, 6.07) is 15.1. The molecule has 34 heavy (non-hydrogen) atoms. The fourth-order valence-electron chi connectivity index (χ4n) is 5.16. The maximum atomic E-state index is 13.3. The highest BCUT2D eigenvalue weighted by atomic mass is 16.5. The SMILES string of the molecule is CC(C)[C@@H](NC(=O)OCC1c2ccccc2-c2ccccc21)C(=O)N1CCCC[C@@H]1CC(=O)O. The van der Waals surface area contributed by atoms with Gasteiger partial charge in [-0.15, -0.1) is 0 Å². The Hall–Kier alpha value is -3.35. The summed E-state index contributed by atoms with van der Waals surface area (Å²) in [4.78, 5) is 39.0. The van der Waals surface area contributed by atoms with Gasteiger partial charge in [0.2, 0.25) is 5.91 Å². The fraction of sp³-hybridized carbons (Fsp3) is 0.444. The highest BCUT2D eigenvalue weighted by Crippen LogP contribution is 2.44. The molecule has 1 saturated heterocycles. The number of benzene rings is 2. The summed E-state index contributed by atoms with van der Waals surface area (Å²) in [5.74, 6) is -1.39. The van der Waals surface area contributed by atoms with Gasteiger partial charge in [-0.2, -0.15) is 0 Å². The third kappa shape index (κ3) is 4.93. The number of hydrogen-bond donors (Lipinski definition) is 2. The molecule has 2 aromatic carbocycles. The van der Waals surface area contributed by atoms with Crippen LogP contribution in [0.4, 0.5) is 4.79 Å². The molecule has 7 heteroatoms. The van der Waals surface area contributed by atoms with Crippen molar-refractivity contribution in [2.75, 3.05) is 13.2 Å². The molecule has 1 fully saturated rings. The van der Waals surface area contributed by atoms with Crippen LogP contribution in [0, 0.1) is 5.92 Å². The van der Waals surface area contributed by atoms with Gasteiger partial charge in [-0.1, -0.05) is 62.4 Å². The first kappa shape index (κ1) is 23.8. The Balaban J connectivity index is 1.43. The predicted octanol–water partition coefficient (Wildman–Crippen LogP) is 4.41. The molecule has 2 N–H and O–H groups in total. The van der Waals surface area contributed by atoms with Crippen LogP contribution < -0.4 is 5.32 Å². The first-order valence-corrected chi connectivity index (χ1v) is 12.0. The van der Waals surface area contributed by atoms with Crippen molar-refractivity contribution in [3.8, 4) is 11.1 Å². The van der Waals surface area contributed by atoms with Crippen LogP contribution in [-0.2, 0) is 14.3 Å². The van der Waals surface area contributed by atoms with E-state index in [1.807, 2.05) is 38.1 Å². The summed E-state index contributed by atoms with van der Waals surface area (Å²) in [7, 11) is 0. The number of carbonyl (C=O) groups is 3. The maximum absolute atomic E-state index is 13.3. The number of carboxylic acids is 1. The van der Waals surface area contributed by atoms with Gasteiger partial charge < -0.3 is 20.1 Å². The van der Waals surface area contributed by atoms with Crippen molar-refractivity contribution in [3.63, 3.8) is 0 Å². The topological polar surface area (TPSA) is 95.9 Å². The molecule has 0 saturated carbocycles. The average Bonchev–Trinajstić information content (AvgIpc) is 3.14. The second-order valence-corrected chi connectivity index (χ2v) is 9.47. The van der Waals surface area contributed by atoms with Gasteiger partial charge in [0.1, 0.15) is 12.6 Å². The molecule has 0 spiro atoms. The van der Waals surface area contributed by atoms with Crippen molar-refractivity contribution in [1.29, 1.82) is 0 Å². The van der Waals surface area contributed by atoms with Crippen LogP contribution in [-0.4, -0.2) is 53.2 Å². The predicted molar refractivity (Wildman–Crippen MR) is 128 cm³/mol. The minimum absolute atomic E-state index is 0.0617. The van der Waals surface area contributed by atoms with Crippen LogP contribution >= 0.6 is 0 Å². The molecule has 0 unspecified atom stereocenters. The van der Waals surface area contributed by atoms with Crippen molar-refractivity contribution >= 4 is 18.0 Å². The highest BCUT2D eigenvalue weighted by Gasteiger charge is 2.35. The summed E-state index contributed by atoms with van der Waals surface area (Å²) < 4.78 is 5.63. The smallest absolute Gasteiger partial charge is 0.407 e. The quantitative estimate of drug-likeness (QED) is 0.633. The van der Waals surface area contributed by atoms with Gasteiger partial charge in [0.05, 0.1) is 6.42 Å². The van der Waals surface area contributed by atoms with E-state index >= 15 is 0 Å². The molecule has 7 nitrogen and oxygen atoms in total. The number of ether oxygens (including phenoxy) is 1. The van der Waals surface area contributed by atoms with Gasteiger partial charge >= 0.3 is 12.1 Å². The van der Waals surface area contributed by atoms with E-state index in [2.05, 4.69) is 29.6 Å². The van der Waals surface area contributed by atoms with Crippen LogP contribution in [0.2, 0.25) is 0 Å². The molecule has 0 aromatic heterocycles. The summed E-state index contributed by atoms with van der Waals surface area (Å²) in [5, 5.41) is 12.0. The minimum Gasteiger partial charge on any atom is -0.481 e. The van der Waals surface area contributed by atoms with Crippen molar-refractivity contribution < 1.29 is 24.2 Å². The van der Waals surface area contributed by atoms with E-state index in [1.54, 1.807) is 4.90 Å². The molecule has 1 heterocycles. The number of carbonyl (C=O) groups excluding carboxylic acids is 2. The molecule has 0 bridgehead atoms. The van der Waals surface area contributed by atoms with Gasteiger partial charge in [-0.05, 0) is 47.4 Å². The zero-order valence-corrected chi connectivity index (χ0v) is 19.7. The number of amides is 2. The third-order valence-corrected chi connectivity index (χ3v) is 6.87. The van der Waals surface area contributed by atoms with E-state index < -0.39 is 18.1 Å². The van der Waals surface area contributed by atoms with Crippen molar-refractivity contribution in [1.82, 2.24) is 10.2 Å². The first-order chi connectivity index (χ1) is 16.4. The molecule has 180 valence electrons. The summed E-state index contributed by atoms with van der Waals surface area (Å²) in [6.45, 7) is 4.40. The summed E-state index contributed by atoms with van der Waals surface area (Å²) in [5.41, 5.74) is 4.55. The standard InChI is InChI=1S/C27H32N2O5/c1-17(2)25(26(32)29-14-8-7-9-18(29)15-24(30)31)28-27(33)34-16-23-21-12-5-3-10-19(21)20-11-4-6-13-22(20)23/h3-6,10-13,17-18,23,25H,7-9,14-16H2,1-2H3,(H,28,33)(H,30,31)/t18-,25-/m1/s1. The summed E-state index contributed by atoms with van der Waals surface area (Å²) >= 11 is 0. The Bertz CT molecular complexity index is 1020. The molecule has 1 aliphatic carbocycles. The molecule has 0 radical (unpaired) electrons. The Morgan fingerprint density at radius 2 is 1.65 bits per heavy atom. The largest absolute Gasteiger partial charge is 0.481 e. The maximum Gasteiger partial charge on any atom is 0.407 e. The Labute approximate surface area is 200 Å². The molecular formula is C27H32N2O5. The molecule has 2 amide bonds. The van der Waals surface area contributed by atoms with E-state index in [1.165, 1.54) is 0 Å². The number of hydrogen-bond acceptors (Lipinski definition) is 4. The van der Waals surface area contributed by atoms with Crippen LogP contribution in [0.5, 0.6) is 0 Å². The number of rotatable bonds is 7. The highest BCUT2D eigenvalue weighted by molar-refractivity contribution is 5.87. The lowest BCUT2D eigenvalue weighted by atomic mass is 9.95. The lowest BCUT2D eigenvalue weighted by Crippen LogP contribution is -2.55. The fourth-order valence-corrected chi connectivity index (χ4v) is 5.16. The average molecular weight is 465 g/mol. The van der Waals surface area contributed by atoms with Gasteiger partial charge in [-0.3, -0.25) is 9.59 Å². The third-order valence-electron chi connectivity index (χ3n) is 6.87. The lowest BCUT2D eigenvalue weighted by molar-refractivity contribution is -0.143. The molecule has 4 rings (SSSR count). The zero-order chi connectivity index (χ0) is 24.2. The number of likely N-dealkylation sites (tertiary alicyclic amines) is 1. The number of fused-ring (bicyclic) bond motifs is 3. The van der Waals surface area contributed by atoms with Crippen LogP contribution in [0.3, 0.4) is 0 Å². The van der Waals surface area contributed by atoms with E-state index in [-0.39, 0.29) is 36.8 Å². The zero-order valence-electron chi connectivity index (χ0n) is 19.7. The monoisotopic (exact) mass is 464 g/mol. The van der Waals surface area contributed by atoms with Crippen LogP contribution in [0.25, 0.3) is 11.1 Å². The van der Waals surface area contributed by atoms with Crippen molar-refractivity contribution in [2.45, 2.75) is 57.5 Å². The number of nitrogens with one attached hydrogen (secondary N) is 1. The van der Waals surface area contributed by atoms with Crippen molar-refractivity contribution in [2.24, 2.45) is 5.92 Å². The number of carboxylic acid groups (broad SMARTS) is 1. The van der Waals surface area contributed by atoms with E-state index in [0.29, 0.717) is 13.0 Å². The Morgan fingerprint density at radius 3 is 2.24 bits per heavy atom. The van der Waals surface area contributed by atoms with E-state index in [0.717, 1.165) is 35.1 Å². The first-order valence-electron chi connectivity index (χ1n) is 12.0. The molecule has 2 aliphatic rings. The summed E-state index contributed by atoms with van der Waals surface area (Å²) in [6.07, 6.45) is 1.67. The van der Waals surface area contributed by atoms with Crippen LogP contribution in [0.1, 0.15) is 56.6 Å². The molecule has 1 aliphatic heterocycles. The number of alkyl carbamates (subject to hydrolysis) is 1. The van der Waals surface area contributed by atoms with Gasteiger partial charge in [0.25, 0.3) is 0 Å². The number of piperidine rings is 1. The minimum atomic E-state index is -0.921. The Morgan fingerprint density at radius 1 is 1.03 bits per heavy atom. The second-order valence-electron chi connectivity index (χ2n) is 9.47. The van der Waals surface area contributed by atoms with Gasteiger partial charge in [-0.25, -0.2) is 4.79 Å². The molecule has 2 aromatic rings. The number of nitrogens with zero attached hydrogens (tertiary/aromatic N) is 1. The van der Waals surface area contributed by atoms with E-state index in [9.17, 15) is 19.5 Å². The molecular weight excluding hydrogens is 432 g/mol. The van der Waals surface area contributed by atoms with E-state index in [4.69, 9.17) is 4.74 Å². The lowest BCUT2D eigenvalue weighted by Gasteiger charge is -2.38. The van der Waals surface area contributed by atoms with Gasteiger partial charge in [0, 0.05) is 18.5 Å². The molecule has 2 atom stereocenters. The van der Waals surface area contributed by atoms with Crippen LogP contribution in [0.15, 0.2) is 48.5 Å². The Kier molecular flexibility index (Phi) is 7.20. The normalized spacial score (nSPS) is 18.2. The number of aliphatic carboxylic acids is 1. The van der Waals surface area contributed by atoms with Crippen molar-refractivity contribution in [3.05, 3.63) is 59.7 Å². The second kappa shape index (κ2) is 10.3. The van der Waals surface area contributed by atoms with Gasteiger partial charge in [0.15, 0.2) is 0 Å².